The maximum Gasteiger partial charge on any atom is 0.321 e. The smallest absolute Gasteiger partial charge is 0.321 e. The fraction of sp³-hybridized carbons (Fsp3) is 0.400. The molecule has 1 fully saturated rings. The maximum absolute atomic E-state index is 12.1. The predicted octanol–water partition coefficient (Wildman–Crippen LogP) is 1.84. The van der Waals surface area contributed by atoms with Crippen LogP contribution in [0.2, 0.25) is 0 Å². The number of amides is 2. The van der Waals surface area contributed by atoms with Gasteiger partial charge in [0.15, 0.2) is 0 Å². The van der Waals surface area contributed by atoms with E-state index >= 15 is 0 Å². The van der Waals surface area contributed by atoms with Gasteiger partial charge in [0.05, 0.1) is 0 Å². The summed E-state index contributed by atoms with van der Waals surface area (Å²) in [4.78, 5) is 16.3. The fourth-order valence-corrected chi connectivity index (χ4v) is 2.16. The molecule has 100 valence electrons. The molecule has 0 atom stereocenters. The Labute approximate surface area is 114 Å². The Kier molecular flexibility index (Phi) is 4.43. The molecule has 1 aliphatic heterocycles. The van der Waals surface area contributed by atoms with Crippen LogP contribution in [-0.2, 0) is 0 Å². The van der Waals surface area contributed by atoms with Crippen molar-refractivity contribution in [1.29, 1.82) is 0 Å². The van der Waals surface area contributed by atoms with Gasteiger partial charge < -0.3 is 15.1 Å². The van der Waals surface area contributed by atoms with Crippen LogP contribution in [0.3, 0.4) is 0 Å². The molecular weight excluding hydrogens is 238 g/mol. The third-order valence-corrected chi connectivity index (χ3v) is 3.39. The molecule has 1 aliphatic rings. The van der Waals surface area contributed by atoms with Crippen LogP contribution >= 0.6 is 0 Å². The number of nitrogens with one attached hydrogen (secondary N) is 1. The molecule has 1 aromatic carbocycles. The molecular formula is C15H19N3O. The van der Waals surface area contributed by atoms with Crippen LogP contribution in [0.25, 0.3) is 0 Å². The average molecular weight is 257 g/mol. The molecule has 0 spiro atoms. The molecule has 0 saturated carbocycles. The number of rotatable bonds is 2. The zero-order valence-corrected chi connectivity index (χ0v) is 11.2. The molecule has 4 heteroatoms. The molecule has 1 heterocycles. The van der Waals surface area contributed by atoms with Crippen molar-refractivity contribution in [3.63, 3.8) is 0 Å². The summed E-state index contributed by atoms with van der Waals surface area (Å²) in [5.41, 5.74) is 1.52. The molecule has 2 amide bonds. The van der Waals surface area contributed by atoms with E-state index in [0.717, 1.165) is 44.0 Å². The normalized spacial score (nSPS) is 15.9. The van der Waals surface area contributed by atoms with E-state index in [4.69, 9.17) is 6.42 Å². The Morgan fingerprint density at radius 3 is 2.74 bits per heavy atom. The van der Waals surface area contributed by atoms with Crippen molar-refractivity contribution in [1.82, 2.24) is 9.80 Å². The van der Waals surface area contributed by atoms with Crippen LogP contribution in [0.15, 0.2) is 24.3 Å². The van der Waals surface area contributed by atoms with Crippen LogP contribution in [-0.4, -0.2) is 48.6 Å². The summed E-state index contributed by atoms with van der Waals surface area (Å²) in [5.74, 6) is 2.56. The molecule has 0 radical (unpaired) electrons. The van der Waals surface area contributed by atoms with Gasteiger partial charge in [-0.3, -0.25) is 0 Å². The number of carbonyl (C=O) groups excluding carboxylic acids is 1. The number of nitrogens with zero attached hydrogens (tertiary/aromatic N) is 2. The van der Waals surface area contributed by atoms with Crippen molar-refractivity contribution in [2.75, 3.05) is 38.0 Å². The van der Waals surface area contributed by atoms with E-state index in [-0.39, 0.29) is 6.03 Å². The molecule has 0 aromatic heterocycles. The lowest BCUT2D eigenvalue weighted by Gasteiger charge is -2.33. The van der Waals surface area contributed by atoms with E-state index in [1.54, 1.807) is 6.07 Å². The summed E-state index contributed by atoms with van der Waals surface area (Å²) in [5, 5.41) is 2.89. The van der Waals surface area contributed by atoms with E-state index in [2.05, 4.69) is 23.1 Å². The number of likely N-dealkylation sites (N-methyl/N-ethyl adjacent to an activating group) is 1. The molecule has 4 nitrogen and oxygen atoms in total. The average Bonchev–Trinajstić information content (AvgIpc) is 2.47. The summed E-state index contributed by atoms with van der Waals surface area (Å²) < 4.78 is 0. The number of anilines is 1. The molecule has 1 N–H and O–H groups in total. The van der Waals surface area contributed by atoms with Crippen molar-refractivity contribution in [3.8, 4) is 12.3 Å². The van der Waals surface area contributed by atoms with Gasteiger partial charge in [0.25, 0.3) is 0 Å². The largest absolute Gasteiger partial charge is 0.322 e. The SMILES string of the molecule is C#Cc1cccc(NC(=O)N2CCN(CC)CC2)c1. The standard InChI is InChI=1S/C15H19N3O/c1-3-13-6-5-7-14(12-13)16-15(19)18-10-8-17(4-2)9-11-18/h1,5-7,12H,4,8-11H2,2H3,(H,16,19). The first-order valence-corrected chi connectivity index (χ1v) is 6.58. The van der Waals surface area contributed by atoms with Crippen LogP contribution in [0.5, 0.6) is 0 Å². The minimum absolute atomic E-state index is 0.0510. The van der Waals surface area contributed by atoms with Gasteiger partial charge in [-0.15, -0.1) is 6.42 Å². The number of hydrogen-bond acceptors (Lipinski definition) is 2. The quantitative estimate of drug-likeness (QED) is 0.821. The van der Waals surface area contributed by atoms with Crippen LogP contribution < -0.4 is 5.32 Å². The summed E-state index contributed by atoms with van der Waals surface area (Å²) in [6, 6.07) is 7.29. The Balaban J connectivity index is 1.92. The van der Waals surface area contributed by atoms with Crippen LogP contribution in [0.4, 0.5) is 10.5 Å². The summed E-state index contributed by atoms with van der Waals surface area (Å²) in [6.45, 7) is 6.60. The second-order valence-corrected chi connectivity index (χ2v) is 4.58. The lowest BCUT2D eigenvalue weighted by molar-refractivity contribution is 0.151. The highest BCUT2D eigenvalue weighted by atomic mass is 16.2. The zero-order valence-electron chi connectivity index (χ0n) is 11.2. The third-order valence-electron chi connectivity index (χ3n) is 3.39. The molecule has 0 aliphatic carbocycles. The number of terminal acetylenes is 1. The number of urea groups is 1. The van der Waals surface area contributed by atoms with E-state index in [1.165, 1.54) is 0 Å². The van der Waals surface area contributed by atoms with Gasteiger partial charge in [-0.05, 0) is 24.7 Å². The Morgan fingerprint density at radius 1 is 1.37 bits per heavy atom. The Morgan fingerprint density at radius 2 is 2.11 bits per heavy atom. The number of benzene rings is 1. The van der Waals surface area contributed by atoms with Crippen molar-refractivity contribution < 1.29 is 4.79 Å². The second-order valence-electron chi connectivity index (χ2n) is 4.58. The second kappa shape index (κ2) is 6.26. The van der Waals surface area contributed by atoms with Gasteiger partial charge in [0, 0.05) is 37.4 Å². The summed E-state index contributed by atoms with van der Waals surface area (Å²) in [7, 11) is 0. The number of carbonyl (C=O) groups is 1. The Hall–Kier alpha value is -1.99. The van der Waals surface area contributed by atoms with Crippen molar-refractivity contribution in [2.45, 2.75) is 6.92 Å². The molecule has 0 unspecified atom stereocenters. The monoisotopic (exact) mass is 257 g/mol. The van der Waals surface area contributed by atoms with E-state index in [9.17, 15) is 4.79 Å². The van der Waals surface area contributed by atoms with Crippen LogP contribution in [0, 0.1) is 12.3 Å². The molecule has 1 aromatic rings. The lowest BCUT2D eigenvalue weighted by atomic mass is 10.2. The highest BCUT2D eigenvalue weighted by Gasteiger charge is 2.19. The van der Waals surface area contributed by atoms with Gasteiger partial charge in [-0.25, -0.2) is 4.79 Å². The first kappa shape index (κ1) is 13.4. The van der Waals surface area contributed by atoms with Gasteiger partial charge in [0.2, 0.25) is 0 Å². The number of hydrogen-bond donors (Lipinski definition) is 1. The maximum atomic E-state index is 12.1. The first-order chi connectivity index (χ1) is 9.22. The summed E-state index contributed by atoms with van der Waals surface area (Å²) >= 11 is 0. The predicted molar refractivity (Wildman–Crippen MR) is 77.1 cm³/mol. The van der Waals surface area contributed by atoms with Gasteiger partial charge in [0.1, 0.15) is 0 Å². The minimum atomic E-state index is -0.0510. The third kappa shape index (κ3) is 3.49. The molecule has 0 bridgehead atoms. The Bertz CT molecular complexity index is 484. The highest BCUT2D eigenvalue weighted by Crippen LogP contribution is 2.11. The van der Waals surface area contributed by atoms with Crippen molar-refractivity contribution in [3.05, 3.63) is 29.8 Å². The van der Waals surface area contributed by atoms with E-state index in [0.29, 0.717) is 0 Å². The topological polar surface area (TPSA) is 35.6 Å². The molecule has 2 rings (SSSR count). The summed E-state index contributed by atoms with van der Waals surface area (Å²) in [6.07, 6.45) is 5.34. The number of piperazine rings is 1. The molecule has 1 saturated heterocycles. The van der Waals surface area contributed by atoms with Crippen LogP contribution in [0.1, 0.15) is 12.5 Å². The van der Waals surface area contributed by atoms with Gasteiger partial charge in [-0.2, -0.15) is 0 Å². The minimum Gasteiger partial charge on any atom is -0.322 e. The lowest BCUT2D eigenvalue weighted by Crippen LogP contribution is -2.49. The zero-order chi connectivity index (χ0) is 13.7. The van der Waals surface area contributed by atoms with E-state index in [1.807, 2.05) is 23.1 Å². The van der Waals surface area contributed by atoms with Gasteiger partial charge >= 0.3 is 6.03 Å². The van der Waals surface area contributed by atoms with E-state index < -0.39 is 0 Å². The molecule has 19 heavy (non-hydrogen) atoms. The van der Waals surface area contributed by atoms with Crippen molar-refractivity contribution >= 4 is 11.7 Å². The van der Waals surface area contributed by atoms with Crippen molar-refractivity contribution in [2.24, 2.45) is 0 Å². The first-order valence-electron chi connectivity index (χ1n) is 6.58. The fourth-order valence-electron chi connectivity index (χ4n) is 2.16. The highest BCUT2D eigenvalue weighted by molar-refractivity contribution is 5.89. The van der Waals surface area contributed by atoms with Gasteiger partial charge in [-0.1, -0.05) is 18.9 Å².